The highest BCUT2D eigenvalue weighted by atomic mass is 15.1. The fourth-order valence-corrected chi connectivity index (χ4v) is 1.68. The Hall–Kier alpha value is -0.300. The van der Waals surface area contributed by atoms with Crippen molar-refractivity contribution in [2.24, 2.45) is 0 Å². The minimum atomic E-state index is 0.931. The molecule has 0 aliphatic carbocycles. The highest BCUT2D eigenvalue weighted by Gasteiger charge is 2.07. The molecule has 0 amide bonds. The summed E-state index contributed by atoms with van der Waals surface area (Å²) in [6, 6.07) is 0. The number of rotatable bonds is 4. The van der Waals surface area contributed by atoms with E-state index < -0.39 is 0 Å². The van der Waals surface area contributed by atoms with Crippen molar-refractivity contribution in [2.75, 3.05) is 19.6 Å². The first-order chi connectivity index (χ1) is 5.93. The Bertz CT molecular complexity index is 123. The van der Waals surface area contributed by atoms with Crippen LogP contribution in [0.15, 0.2) is 12.2 Å². The first-order valence-electron chi connectivity index (χ1n) is 5.10. The molecule has 0 atom stereocenters. The van der Waals surface area contributed by atoms with Crippen LogP contribution in [0, 0.1) is 6.92 Å². The van der Waals surface area contributed by atoms with E-state index in [0.717, 1.165) is 6.42 Å². The quantitative estimate of drug-likeness (QED) is 0.580. The zero-order chi connectivity index (χ0) is 8.65. The molecule has 0 aromatic heterocycles. The third kappa shape index (κ3) is 3.91. The molecule has 0 unspecified atom stereocenters. The van der Waals surface area contributed by atoms with Gasteiger partial charge >= 0.3 is 0 Å². The molecule has 1 nitrogen and oxygen atoms in total. The van der Waals surface area contributed by atoms with Gasteiger partial charge in [-0.3, -0.25) is 0 Å². The Morgan fingerprint density at radius 2 is 1.83 bits per heavy atom. The SMILES string of the molecule is [CH2]CC=CCCN1CCCCC1. The molecular weight excluding hydrogens is 146 g/mol. The predicted octanol–water partition coefficient (Wildman–Crippen LogP) is 2.64. The van der Waals surface area contributed by atoms with E-state index in [2.05, 4.69) is 24.0 Å². The second-order valence-corrected chi connectivity index (χ2v) is 3.45. The van der Waals surface area contributed by atoms with Gasteiger partial charge in [-0.05, 0) is 45.7 Å². The Balaban J connectivity index is 2.01. The van der Waals surface area contributed by atoms with Crippen molar-refractivity contribution in [2.45, 2.75) is 32.1 Å². The van der Waals surface area contributed by atoms with Crippen molar-refractivity contribution in [3.8, 4) is 0 Å². The summed E-state index contributed by atoms with van der Waals surface area (Å²) in [5.74, 6) is 0. The summed E-state index contributed by atoms with van der Waals surface area (Å²) in [6.07, 6.45) is 10.8. The van der Waals surface area contributed by atoms with E-state index in [1.54, 1.807) is 0 Å². The van der Waals surface area contributed by atoms with Gasteiger partial charge in [0.1, 0.15) is 0 Å². The van der Waals surface area contributed by atoms with Gasteiger partial charge in [0.15, 0.2) is 0 Å². The number of nitrogens with zero attached hydrogens (tertiary/aromatic N) is 1. The number of allylic oxidation sites excluding steroid dienone is 1. The molecule has 0 aromatic carbocycles. The topological polar surface area (TPSA) is 3.24 Å². The van der Waals surface area contributed by atoms with E-state index in [0.29, 0.717) is 0 Å². The minimum absolute atomic E-state index is 0.931. The first kappa shape index (κ1) is 9.79. The molecule has 1 heterocycles. The van der Waals surface area contributed by atoms with Gasteiger partial charge in [-0.1, -0.05) is 18.6 Å². The molecule has 0 bridgehead atoms. The maximum atomic E-state index is 3.77. The zero-order valence-corrected chi connectivity index (χ0v) is 7.97. The van der Waals surface area contributed by atoms with Crippen LogP contribution in [0.3, 0.4) is 0 Å². The molecule has 0 aromatic rings. The second-order valence-electron chi connectivity index (χ2n) is 3.45. The molecule has 1 heteroatoms. The van der Waals surface area contributed by atoms with Gasteiger partial charge in [0, 0.05) is 6.54 Å². The van der Waals surface area contributed by atoms with E-state index >= 15 is 0 Å². The van der Waals surface area contributed by atoms with Crippen molar-refractivity contribution < 1.29 is 0 Å². The highest BCUT2D eigenvalue weighted by Crippen LogP contribution is 2.08. The smallest absolute Gasteiger partial charge is 0.00159 e. The van der Waals surface area contributed by atoms with Crippen molar-refractivity contribution >= 4 is 0 Å². The fraction of sp³-hybridized carbons (Fsp3) is 0.727. The van der Waals surface area contributed by atoms with Crippen LogP contribution in [0.1, 0.15) is 32.1 Å². The molecule has 1 radical (unpaired) electrons. The lowest BCUT2D eigenvalue weighted by Crippen LogP contribution is -2.30. The van der Waals surface area contributed by atoms with E-state index in [1.807, 2.05) is 0 Å². The molecule has 12 heavy (non-hydrogen) atoms. The molecule has 0 saturated carbocycles. The fourth-order valence-electron chi connectivity index (χ4n) is 1.68. The summed E-state index contributed by atoms with van der Waals surface area (Å²) < 4.78 is 0. The molecule has 1 rings (SSSR count). The van der Waals surface area contributed by atoms with Crippen LogP contribution in [0.5, 0.6) is 0 Å². The van der Waals surface area contributed by atoms with Gasteiger partial charge in [-0.15, -0.1) is 0 Å². The molecular formula is C11H20N. The van der Waals surface area contributed by atoms with Gasteiger partial charge in [-0.2, -0.15) is 0 Å². The Kier molecular flexibility index (Phi) is 5.09. The third-order valence-corrected chi connectivity index (χ3v) is 2.39. The Morgan fingerprint density at radius 1 is 1.08 bits per heavy atom. The molecule has 1 aliphatic rings. The summed E-state index contributed by atoms with van der Waals surface area (Å²) in [7, 11) is 0. The molecule has 1 saturated heterocycles. The summed E-state index contributed by atoms with van der Waals surface area (Å²) in [4.78, 5) is 2.57. The van der Waals surface area contributed by atoms with Crippen molar-refractivity contribution in [1.29, 1.82) is 0 Å². The summed E-state index contributed by atoms with van der Waals surface area (Å²) >= 11 is 0. The molecule has 69 valence electrons. The van der Waals surface area contributed by atoms with Gasteiger partial charge < -0.3 is 4.90 Å². The van der Waals surface area contributed by atoms with E-state index in [9.17, 15) is 0 Å². The lowest BCUT2D eigenvalue weighted by atomic mass is 10.1. The lowest BCUT2D eigenvalue weighted by Gasteiger charge is -2.25. The predicted molar refractivity (Wildman–Crippen MR) is 54.0 cm³/mol. The summed E-state index contributed by atoms with van der Waals surface area (Å²) in [6.45, 7) is 7.65. The maximum absolute atomic E-state index is 3.77. The molecule has 0 spiro atoms. The van der Waals surface area contributed by atoms with Crippen LogP contribution in [0.25, 0.3) is 0 Å². The monoisotopic (exact) mass is 166 g/mol. The van der Waals surface area contributed by atoms with Gasteiger partial charge in [0.05, 0.1) is 0 Å². The molecule has 1 fully saturated rings. The standard InChI is InChI=1S/C11H20N/c1-2-3-4-6-9-12-10-7-5-8-11-12/h3-4H,1-2,5-11H2. The Morgan fingerprint density at radius 3 is 2.50 bits per heavy atom. The van der Waals surface area contributed by atoms with Crippen LogP contribution >= 0.6 is 0 Å². The normalized spacial score (nSPS) is 20.4. The summed E-state index contributed by atoms with van der Waals surface area (Å²) in [5, 5.41) is 0. The van der Waals surface area contributed by atoms with Gasteiger partial charge in [0.2, 0.25) is 0 Å². The second kappa shape index (κ2) is 6.24. The van der Waals surface area contributed by atoms with Gasteiger partial charge in [0.25, 0.3) is 0 Å². The number of likely N-dealkylation sites (tertiary alicyclic amines) is 1. The van der Waals surface area contributed by atoms with Crippen LogP contribution in [0.2, 0.25) is 0 Å². The number of hydrogen-bond donors (Lipinski definition) is 0. The van der Waals surface area contributed by atoms with Crippen LogP contribution in [0.4, 0.5) is 0 Å². The van der Waals surface area contributed by atoms with Crippen LogP contribution in [-0.2, 0) is 0 Å². The molecule has 0 N–H and O–H groups in total. The number of hydrogen-bond acceptors (Lipinski definition) is 1. The van der Waals surface area contributed by atoms with Crippen molar-refractivity contribution in [3.63, 3.8) is 0 Å². The van der Waals surface area contributed by atoms with E-state index in [-0.39, 0.29) is 0 Å². The molecule has 1 aliphatic heterocycles. The zero-order valence-electron chi connectivity index (χ0n) is 7.97. The van der Waals surface area contributed by atoms with Gasteiger partial charge in [-0.25, -0.2) is 0 Å². The van der Waals surface area contributed by atoms with Crippen LogP contribution in [-0.4, -0.2) is 24.5 Å². The van der Waals surface area contributed by atoms with E-state index in [1.165, 1.54) is 45.3 Å². The highest BCUT2D eigenvalue weighted by molar-refractivity contribution is 4.83. The van der Waals surface area contributed by atoms with Crippen molar-refractivity contribution in [1.82, 2.24) is 4.90 Å². The lowest BCUT2D eigenvalue weighted by molar-refractivity contribution is 0.233. The summed E-state index contributed by atoms with van der Waals surface area (Å²) in [5.41, 5.74) is 0. The third-order valence-electron chi connectivity index (χ3n) is 2.39. The van der Waals surface area contributed by atoms with Crippen molar-refractivity contribution in [3.05, 3.63) is 19.1 Å². The minimum Gasteiger partial charge on any atom is -0.303 e. The number of piperidine rings is 1. The maximum Gasteiger partial charge on any atom is 0.00159 e. The average molecular weight is 166 g/mol. The average Bonchev–Trinajstić information content (AvgIpc) is 2.14. The van der Waals surface area contributed by atoms with Crippen LogP contribution < -0.4 is 0 Å². The Labute approximate surface area is 76.5 Å². The first-order valence-corrected chi connectivity index (χ1v) is 5.10. The van der Waals surface area contributed by atoms with E-state index in [4.69, 9.17) is 0 Å². The largest absolute Gasteiger partial charge is 0.303 e.